The van der Waals surface area contributed by atoms with E-state index in [0.717, 1.165) is 109 Å². The lowest BCUT2D eigenvalue weighted by Crippen LogP contribution is -2.30. The van der Waals surface area contributed by atoms with Crippen LogP contribution < -0.4 is 0 Å². The molecule has 6 heteroatoms. The molecule has 63 heavy (non-hydrogen) atoms. The average Bonchev–Trinajstić information content (AvgIpc) is 3.28. The zero-order valence-corrected chi connectivity index (χ0v) is 41.1. The molecule has 0 spiro atoms. The molecule has 0 aromatic rings. The topological polar surface area (TPSA) is 78.9 Å². The Morgan fingerprint density at radius 3 is 1.00 bits per heavy atom. The lowest BCUT2D eigenvalue weighted by molar-refractivity contribution is -0.167. The van der Waals surface area contributed by atoms with E-state index in [1.54, 1.807) is 0 Å². The number of esters is 3. The molecule has 0 heterocycles. The smallest absolute Gasteiger partial charge is 0.306 e. The molecular formula is C57H96O6. The molecule has 0 amide bonds. The van der Waals surface area contributed by atoms with Crippen LogP contribution in [0.1, 0.15) is 239 Å². The minimum absolute atomic E-state index is 0.0945. The Hall–Kier alpha value is -3.41. The third kappa shape index (κ3) is 49.5. The number of ether oxygens (including phenoxy) is 3. The van der Waals surface area contributed by atoms with Crippen LogP contribution in [0.2, 0.25) is 0 Å². The zero-order valence-electron chi connectivity index (χ0n) is 41.1. The predicted octanol–water partition coefficient (Wildman–Crippen LogP) is 17.2. The van der Waals surface area contributed by atoms with Crippen molar-refractivity contribution in [1.29, 1.82) is 0 Å². The van der Waals surface area contributed by atoms with Crippen LogP contribution in [0.15, 0.2) is 85.1 Å². The Kier molecular flexibility index (Phi) is 48.5. The molecule has 0 aromatic carbocycles. The van der Waals surface area contributed by atoms with E-state index < -0.39 is 6.10 Å². The van der Waals surface area contributed by atoms with Crippen molar-refractivity contribution in [3.8, 4) is 0 Å². The van der Waals surface area contributed by atoms with Crippen molar-refractivity contribution in [1.82, 2.24) is 0 Å². The molecule has 0 radical (unpaired) electrons. The maximum Gasteiger partial charge on any atom is 0.306 e. The molecule has 0 aliphatic rings. The minimum Gasteiger partial charge on any atom is -0.462 e. The molecule has 0 saturated carbocycles. The standard InChI is InChI=1S/C57H96O6/c1-4-7-10-13-16-19-22-25-26-27-28-29-30-33-35-38-41-44-47-50-56(59)62-53-54(63-57(60)51-48-45-42-39-36-32-24-21-18-15-12-9-6-3)52-61-55(58)49-46-43-40-37-34-31-23-20-17-14-11-8-5-2/h8-9,11-12,14-15,17-18,20-21,23-24,27-28,54H,4-7,10,13,16,19,22,25-26,29-53H2,1-3H3/b11-8+,12-9+,17-14+,18-15+,23-20+,24-21+,28-27+. The molecule has 0 aromatic heterocycles. The monoisotopic (exact) mass is 877 g/mol. The molecule has 1 atom stereocenters. The van der Waals surface area contributed by atoms with Gasteiger partial charge in [0.1, 0.15) is 13.2 Å². The third-order valence-electron chi connectivity index (χ3n) is 11.0. The highest BCUT2D eigenvalue weighted by molar-refractivity contribution is 5.71. The lowest BCUT2D eigenvalue weighted by Gasteiger charge is -2.18. The van der Waals surface area contributed by atoms with Crippen LogP contribution in [-0.4, -0.2) is 37.2 Å². The van der Waals surface area contributed by atoms with Gasteiger partial charge in [-0.05, 0) is 83.5 Å². The first-order chi connectivity index (χ1) is 31.0. The highest BCUT2D eigenvalue weighted by Crippen LogP contribution is 2.14. The summed E-state index contributed by atoms with van der Waals surface area (Å²) in [6, 6.07) is 0. The SMILES string of the molecule is CC/C=C/C=C/C=C/CCCCCCCC(=O)OCC(COC(=O)CCCCCCCCC/C=C/CCCCCCCCCC)OC(=O)CCCCCCC/C=C/C=C/C=C/CC. The van der Waals surface area contributed by atoms with Gasteiger partial charge in [0.05, 0.1) is 0 Å². The maximum atomic E-state index is 12.8. The Morgan fingerprint density at radius 1 is 0.333 bits per heavy atom. The molecular weight excluding hydrogens is 781 g/mol. The number of carbonyl (C=O) groups excluding carboxylic acids is 3. The van der Waals surface area contributed by atoms with Crippen molar-refractivity contribution in [3.05, 3.63) is 85.1 Å². The summed E-state index contributed by atoms with van der Waals surface area (Å²) in [5, 5.41) is 0. The summed E-state index contributed by atoms with van der Waals surface area (Å²) in [4.78, 5) is 38.0. The summed E-state index contributed by atoms with van der Waals surface area (Å²) in [5.41, 5.74) is 0. The van der Waals surface area contributed by atoms with E-state index in [4.69, 9.17) is 14.2 Å². The molecule has 0 saturated heterocycles. The number of carbonyl (C=O) groups is 3. The summed E-state index contributed by atoms with van der Waals surface area (Å²) in [6.07, 6.45) is 65.7. The Balaban J connectivity index is 4.39. The van der Waals surface area contributed by atoms with Crippen molar-refractivity contribution < 1.29 is 28.6 Å². The van der Waals surface area contributed by atoms with Gasteiger partial charge in [0, 0.05) is 19.3 Å². The number of rotatable bonds is 46. The number of allylic oxidation sites excluding steroid dienone is 14. The van der Waals surface area contributed by atoms with Gasteiger partial charge < -0.3 is 14.2 Å². The zero-order chi connectivity index (χ0) is 45.8. The minimum atomic E-state index is -0.797. The first-order valence-corrected chi connectivity index (χ1v) is 26.2. The van der Waals surface area contributed by atoms with Gasteiger partial charge in [0.25, 0.3) is 0 Å². The fourth-order valence-corrected chi connectivity index (χ4v) is 7.08. The number of unbranched alkanes of at least 4 members (excludes halogenated alkanes) is 25. The quantitative estimate of drug-likeness (QED) is 0.0199. The summed E-state index contributed by atoms with van der Waals surface area (Å²) in [5.74, 6) is -0.941. The number of hydrogen-bond acceptors (Lipinski definition) is 6. The molecule has 360 valence electrons. The Labute approximate surface area is 388 Å². The summed E-state index contributed by atoms with van der Waals surface area (Å²) < 4.78 is 16.8. The van der Waals surface area contributed by atoms with Gasteiger partial charge in [-0.2, -0.15) is 0 Å². The first-order valence-electron chi connectivity index (χ1n) is 26.2. The molecule has 0 fully saturated rings. The fraction of sp³-hybridized carbons (Fsp3) is 0.702. The van der Waals surface area contributed by atoms with Crippen LogP contribution >= 0.6 is 0 Å². The van der Waals surface area contributed by atoms with Gasteiger partial charge in [0.15, 0.2) is 6.10 Å². The van der Waals surface area contributed by atoms with E-state index in [0.29, 0.717) is 19.3 Å². The normalized spacial score (nSPS) is 12.7. The Morgan fingerprint density at radius 2 is 0.635 bits per heavy atom. The van der Waals surface area contributed by atoms with E-state index in [-0.39, 0.29) is 31.1 Å². The molecule has 6 nitrogen and oxygen atoms in total. The second-order valence-electron chi connectivity index (χ2n) is 17.1. The van der Waals surface area contributed by atoms with Crippen LogP contribution in [0.5, 0.6) is 0 Å². The molecule has 0 rings (SSSR count). The van der Waals surface area contributed by atoms with Crippen molar-refractivity contribution in [2.24, 2.45) is 0 Å². The van der Waals surface area contributed by atoms with Crippen molar-refractivity contribution in [2.75, 3.05) is 13.2 Å². The largest absolute Gasteiger partial charge is 0.462 e. The number of hydrogen-bond donors (Lipinski definition) is 0. The molecule has 0 aliphatic carbocycles. The van der Waals surface area contributed by atoms with Crippen LogP contribution in [0.25, 0.3) is 0 Å². The average molecular weight is 877 g/mol. The Bertz CT molecular complexity index is 1240. The molecule has 0 aliphatic heterocycles. The van der Waals surface area contributed by atoms with Crippen molar-refractivity contribution >= 4 is 17.9 Å². The highest BCUT2D eigenvalue weighted by Gasteiger charge is 2.19. The molecule has 0 bridgehead atoms. The summed E-state index contributed by atoms with van der Waals surface area (Å²) >= 11 is 0. The van der Waals surface area contributed by atoms with E-state index in [1.165, 1.54) is 89.9 Å². The molecule has 0 N–H and O–H groups in total. The van der Waals surface area contributed by atoms with E-state index in [2.05, 4.69) is 106 Å². The van der Waals surface area contributed by atoms with Gasteiger partial charge in [-0.3, -0.25) is 14.4 Å². The van der Waals surface area contributed by atoms with Gasteiger partial charge in [-0.15, -0.1) is 0 Å². The predicted molar refractivity (Wildman–Crippen MR) is 270 cm³/mol. The summed E-state index contributed by atoms with van der Waals surface area (Å²) in [6.45, 7) is 6.33. The van der Waals surface area contributed by atoms with Crippen molar-refractivity contribution in [2.45, 2.75) is 245 Å². The van der Waals surface area contributed by atoms with E-state index >= 15 is 0 Å². The van der Waals surface area contributed by atoms with Crippen LogP contribution in [-0.2, 0) is 28.6 Å². The molecule has 1 unspecified atom stereocenters. The van der Waals surface area contributed by atoms with Crippen LogP contribution in [0.3, 0.4) is 0 Å². The van der Waals surface area contributed by atoms with Gasteiger partial charge in [-0.1, -0.05) is 221 Å². The van der Waals surface area contributed by atoms with Gasteiger partial charge in [0.2, 0.25) is 0 Å². The van der Waals surface area contributed by atoms with Crippen molar-refractivity contribution in [3.63, 3.8) is 0 Å². The highest BCUT2D eigenvalue weighted by atomic mass is 16.6. The van der Waals surface area contributed by atoms with Gasteiger partial charge >= 0.3 is 17.9 Å². The fourth-order valence-electron chi connectivity index (χ4n) is 7.08. The van der Waals surface area contributed by atoms with E-state index in [1.807, 2.05) is 0 Å². The second kappa shape index (κ2) is 51.2. The van der Waals surface area contributed by atoms with Gasteiger partial charge in [-0.25, -0.2) is 0 Å². The maximum absolute atomic E-state index is 12.8. The van der Waals surface area contributed by atoms with Crippen LogP contribution in [0, 0.1) is 0 Å². The lowest BCUT2D eigenvalue weighted by atomic mass is 10.1. The van der Waals surface area contributed by atoms with E-state index in [9.17, 15) is 14.4 Å². The summed E-state index contributed by atoms with van der Waals surface area (Å²) in [7, 11) is 0. The second-order valence-corrected chi connectivity index (χ2v) is 17.1. The third-order valence-corrected chi connectivity index (χ3v) is 11.0. The first kappa shape index (κ1) is 59.6. The van der Waals surface area contributed by atoms with Crippen LogP contribution in [0.4, 0.5) is 0 Å².